The first-order chi connectivity index (χ1) is 9.58. The Morgan fingerprint density at radius 3 is 2.65 bits per heavy atom. The summed E-state index contributed by atoms with van der Waals surface area (Å²) in [7, 11) is 0. The smallest absolute Gasteiger partial charge is 0.132 e. The van der Waals surface area contributed by atoms with Crippen molar-refractivity contribution in [2.24, 2.45) is 0 Å². The van der Waals surface area contributed by atoms with Gasteiger partial charge in [0.2, 0.25) is 0 Å². The topological polar surface area (TPSA) is 17.8 Å². The largest absolute Gasteiger partial charge is 0.295 e. The van der Waals surface area contributed by atoms with Crippen LogP contribution in [0.15, 0.2) is 46.9 Å². The van der Waals surface area contributed by atoms with E-state index in [9.17, 15) is 0 Å². The van der Waals surface area contributed by atoms with E-state index < -0.39 is 0 Å². The second-order valence-corrected chi connectivity index (χ2v) is 6.41. The third kappa shape index (κ3) is 2.25. The first kappa shape index (κ1) is 13.7. The Labute approximate surface area is 131 Å². The minimum Gasteiger partial charge on any atom is -0.295 e. The molecule has 1 atom stereocenters. The van der Waals surface area contributed by atoms with E-state index in [1.807, 2.05) is 31.2 Å². The lowest BCUT2D eigenvalue weighted by atomic mass is 10.2. The molecule has 0 N–H and O–H groups in total. The van der Waals surface area contributed by atoms with Crippen molar-refractivity contribution in [2.75, 3.05) is 0 Å². The number of alkyl halides is 1. The summed E-state index contributed by atoms with van der Waals surface area (Å²) in [5.74, 6) is 0.870. The van der Waals surface area contributed by atoms with Gasteiger partial charge in [-0.3, -0.25) is 4.57 Å². The van der Waals surface area contributed by atoms with E-state index in [1.165, 1.54) is 5.56 Å². The molecule has 0 fully saturated rings. The van der Waals surface area contributed by atoms with Crippen molar-refractivity contribution < 1.29 is 0 Å². The lowest BCUT2D eigenvalue weighted by Crippen LogP contribution is -2.03. The number of aromatic nitrogens is 2. The minimum atomic E-state index is -0.152. The van der Waals surface area contributed by atoms with Gasteiger partial charge in [0.05, 0.1) is 22.1 Å². The third-order valence-electron chi connectivity index (χ3n) is 3.35. The van der Waals surface area contributed by atoms with Crippen LogP contribution in [0.1, 0.15) is 23.7 Å². The van der Waals surface area contributed by atoms with Crippen LogP contribution in [0.5, 0.6) is 0 Å². The van der Waals surface area contributed by atoms with Crippen molar-refractivity contribution in [3.05, 3.63) is 58.3 Å². The summed E-state index contributed by atoms with van der Waals surface area (Å²) in [4.78, 5) is 4.68. The van der Waals surface area contributed by atoms with Crippen LogP contribution in [0, 0.1) is 6.92 Å². The van der Waals surface area contributed by atoms with Crippen LogP contribution in [-0.2, 0) is 0 Å². The van der Waals surface area contributed by atoms with E-state index in [4.69, 9.17) is 11.6 Å². The maximum absolute atomic E-state index is 6.33. The van der Waals surface area contributed by atoms with Crippen LogP contribution in [-0.4, -0.2) is 9.55 Å². The van der Waals surface area contributed by atoms with Gasteiger partial charge in [0, 0.05) is 4.47 Å². The molecule has 1 aromatic heterocycles. The molecule has 2 aromatic carbocycles. The van der Waals surface area contributed by atoms with E-state index in [-0.39, 0.29) is 5.38 Å². The van der Waals surface area contributed by atoms with Crippen molar-refractivity contribution in [1.82, 2.24) is 9.55 Å². The Bertz CT molecular complexity index is 777. The molecule has 102 valence electrons. The molecule has 0 radical (unpaired) electrons. The molecule has 1 unspecified atom stereocenters. The van der Waals surface area contributed by atoms with E-state index in [1.54, 1.807) is 0 Å². The number of aryl methyl sites for hydroxylation is 1. The fraction of sp³-hybridized carbons (Fsp3) is 0.188. The predicted molar refractivity (Wildman–Crippen MR) is 87.8 cm³/mol. The standard InChI is InChI=1S/C16H14BrClN2/c1-10-5-3-4-6-14(10)20-15-9-12(17)7-8-13(15)19-16(20)11(2)18/h3-9,11H,1-2H3. The fourth-order valence-corrected chi connectivity index (χ4v) is 2.90. The maximum atomic E-state index is 6.33. The van der Waals surface area contributed by atoms with E-state index in [0.29, 0.717) is 0 Å². The van der Waals surface area contributed by atoms with Gasteiger partial charge in [-0.2, -0.15) is 0 Å². The first-order valence-corrected chi connectivity index (χ1v) is 7.69. The molecule has 1 heterocycles. The maximum Gasteiger partial charge on any atom is 0.132 e. The van der Waals surface area contributed by atoms with Crippen LogP contribution < -0.4 is 0 Å². The lowest BCUT2D eigenvalue weighted by Gasteiger charge is -2.13. The zero-order valence-corrected chi connectivity index (χ0v) is 13.6. The van der Waals surface area contributed by atoms with E-state index in [0.717, 1.165) is 27.0 Å². The summed E-state index contributed by atoms with van der Waals surface area (Å²) in [5.41, 5.74) is 4.34. The van der Waals surface area contributed by atoms with Crippen LogP contribution in [0.2, 0.25) is 0 Å². The Balaban J connectivity index is 2.40. The molecule has 4 heteroatoms. The van der Waals surface area contributed by atoms with E-state index in [2.05, 4.69) is 50.6 Å². The summed E-state index contributed by atoms with van der Waals surface area (Å²) in [5, 5.41) is -0.152. The van der Waals surface area contributed by atoms with Gasteiger partial charge in [-0.15, -0.1) is 11.6 Å². The number of nitrogens with zero attached hydrogens (tertiary/aromatic N) is 2. The van der Waals surface area contributed by atoms with Gasteiger partial charge in [-0.1, -0.05) is 34.1 Å². The zero-order chi connectivity index (χ0) is 14.3. The summed E-state index contributed by atoms with van der Waals surface area (Å²) in [6.07, 6.45) is 0. The van der Waals surface area contributed by atoms with Crippen molar-refractivity contribution in [3.63, 3.8) is 0 Å². The van der Waals surface area contributed by atoms with E-state index >= 15 is 0 Å². The van der Waals surface area contributed by atoms with Crippen LogP contribution in [0.3, 0.4) is 0 Å². The van der Waals surface area contributed by atoms with Crippen LogP contribution in [0.25, 0.3) is 16.7 Å². The number of benzene rings is 2. The number of fused-ring (bicyclic) bond motifs is 1. The van der Waals surface area contributed by atoms with Crippen molar-refractivity contribution in [2.45, 2.75) is 19.2 Å². The summed E-state index contributed by atoms with van der Waals surface area (Å²) < 4.78 is 3.18. The molecule has 20 heavy (non-hydrogen) atoms. The Morgan fingerprint density at radius 1 is 1.20 bits per heavy atom. The summed E-state index contributed by atoms with van der Waals surface area (Å²) in [6.45, 7) is 4.05. The molecule has 0 aliphatic heterocycles. The number of imidazole rings is 1. The Kier molecular flexibility index (Phi) is 3.57. The van der Waals surface area contributed by atoms with Gasteiger partial charge in [-0.25, -0.2) is 4.98 Å². The number of hydrogen-bond donors (Lipinski definition) is 0. The molecule has 0 aliphatic rings. The second-order valence-electron chi connectivity index (χ2n) is 4.84. The monoisotopic (exact) mass is 348 g/mol. The zero-order valence-electron chi connectivity index (χ0n) is 11.3. The summed E-state index contributed by atoms with van der Waals surface area (Å²) >= 11 is 9.86. The fourth-order valence-electron chi connectivity index (χ4n) is 2.40. The molecule has 3 aromatic rings. The van der Waals surface area contributed by atoms with Gasteiger partial charge >= 0.3 is 0 Å². The highest BCUT2D eigenvalue weighted by atomic mass is 79.9. The van der Waals surface area contributed by atoms with Crippen LogP contribution >= 0.6 is 27.5 Å². The van der Waals surface area contributed by atoms with Crippen molar-refractivity contribution in [3.8, 4) is 5.69 Å². The number of hydrogen-bond acceptors (Lipinski definition) is 1. The average molecular weight is 350 g/mol. The Hall–Kier alpha value is -1.32. The molecule has 2 nitrogen and oxygen atoms in total. The van der Waals surface area contributed by atoms with Crippen molar-refractivity contribution in [1.29, 1.82) is 0 Å². The first-order valence-electron chi connectivity index (χ1n) is 6.46. The van der Waals surface area contributed by atoms with Crippen LogP contribution in [0.4, 0.5) is 0 Å². The Morgan fingerprint density at radius 2 is 1.95 bits per heavy atom. The minimum absolute atomic E-state index is 0.152. The predicted octanol–water partition coefficient (Wildman–Crippen LogP) is 5.40. The molecule has 3 rings (SSSR count). The average Bonchev–Trinajstić information content (AvgIpc) is 2.78. The van der Waals surface area contributed by atoms with Crippen molar-refractivity contribution >= 4 is 38.6 Å². The SMILES string of the molecule is Cc1ccccc1-n1c(C(C)Cl)nc2ccc(Br)cc21. The molecule has 0 amide bonds. The number of halogens is 2. The molecule has 0 bridgehead atoms. The summed E-state index contributed by atoms with van der Waals surface area (Å²) in [6, 6.07) is 14.4. The highest BCUT2D eigenvalue weighted by Crippen LogP contribution is 2.30. The normalized spacial score (nSPS) is 12.8. The van der Waals surface area contributed by atoms with Gasteiger partial charge in [0.1, 0.15) is 5.82 Å². The molecule has 0 saturated heterocycles. The van der Waals surface area contributed by atoms with Gasteiger partial charge in [-0.05, 0) is 43.7 Å². The highest BCUT2D eigenvalue weighted by molar-refractivity contribution is 9.10. The molecule has 0 saturated carbocycles. The van der Waals surface area contributed by atoms with Gasteiger partial charge in [0.15, 0.2) is 0 Å². The molecule has 0 aliphatic carbocycles. The highest BCUT2D eigenvalue weighted by Gasteiger charge is 2.17. The van der Waals surface area contributed by atoms with Gasteiger partial charge in [0.25, 0.3) is 0 Å². The molecule has 0 spiro atoms. The quantitative estimate of drug-likeness (QED) is 0.567. The lowest BCUT2D eigenvalue weighted by molar-refractivity contribution is 0.878. The number of rotatable bonds is 2. The third-order valence-corrected chi connectivity index (χ3v) is 4.04. The van der Waals surface area contributed by atoms with Gasteiger partial charge < -0.3 is 0 Å². The second kappa shape index (κ2) is 5.23. The molecular formula is C16H14BrClN2. The number of para-hydroxylation sites is 1. The molecular weight excluding hydrogens is 336 g/mol.